The molecule has 1 aromatic carbocycles. The van der Waals surface area contributed by atoms with Crippen LogP contribution in [0, 0.1) is 0 Å². The van der Waals surface area contributed by atoms with Gasteiger partial charge in [-0.1, -0.05) is 6.07 Å². The van der Waals surface area contributed by atoms with Crippen molar-refractivity contribution in [1.82, 2.24) is 9.55 Å². The number of ether oxygens (including phenoxy) is 1. The van der Waals surface area contributed by atoms with Gasteiger partial charge in [-0.15, -0.1) is 0 Å². The van der Waals surface area contributed by atoms with Crippen molar-refractivity contribution < 1.29 is 9.53 Å². The van der Waals surface area contributed by atoms with E-state index in [-0.39, 0.29) is 5.91 Å². The summed E-state index contributed by atoms with van der Waals surface area (Å²) in [6.07, 6.45) is 1.98. The van der Waals surface area contributed by atoms with Gasteiger partial charge in [0.25, 0.3) is 0 Å². The topological polar surface area (TPSA) is 96.2 Å². The summed E-state index contributed by atoms with van der Waals surface area (Å²) in [6.45, 7) is 3.23. The Bertz CT molecular complexity index is 606. The van der Waals surface area contributed by atoms with E-state index in [1.54, 1.807) is 0 Å². The molecule has 6 heteroatoms. The molecule has 0 spiro atoms. The third kappa shape index (κ3) is 3.01. The molecule has 2 aromatic rings. The highest BCUT2D eigenvalue weighted by atomic mass is 16.5. The van der Waals surface area contributed by atoms with Crippen molar-refractivity contribution in [3.8, 4) is 5.75 Å². The Kier molecular flexibility index (Phi) is 4.45. The first-order valence-corrected chi connectivity index (χ1v) is 6.79. The van der Waals surface area contributed by atoms with Gasteiger partial charge in [-0.3, -0.25) is 4.79 Å². The third-order valence-electron chi connectivity index (χ3n) is 3.13. The van der Waals surface area contributed by atoms with Crippen LogP contribution in [0.1, 0.15) is 26.2 Å². The van der Waals surface area contributed by atoms with Crippen LogP contribution in [0.5, 0.6) is 5.75 Å². The van der Waals surface area contributed by atoms with Crippen molar-refractivity contribution in [1.29, 1.82) is 0 Å². The molecule has 0 aliphatic carbocycles. The Hall–Kier alpha value is -2.24. The van der Waals surface area contributed by atoms with Crippen LogP contribution in [0.2, 0.25) is 0 Å². The molecule has 0 saturated heterocycles. The third-order valence-corrected chi connectivity index (χ3v) is 3.13. The van der Waals surface area contributed by atoms with Gasteiger partial charge < -0.3 is 20.8 Å². The fraction of sp³-hybridized carbons (Fsp3) is 0.429. The van der Waals surface area contributed by atoms with E-state index in [0.29, 0.717) is 25.5 Å². The lowest BCUT2D eigenvalue weighted by atomic mass is 10.2. The first-order chi connectivity index (χ1) is 9.63. The molecule has 0 fully saturated rings. The van der Waals surface area contributed by atoms with E-state index >= 15 is 0 Å². The number of carbonyl (C=O) groups excluding carboxylic acids is 1. The standard InChI is InChI=1S/C14H20N4O2/c1-2-20-11-7-5-6-10-13(11)17-14(16)18(10)9-4-3-8-12(15)19/h5-7H,2-4,8-9H2,1H3,(H2,15,19)(H2,16,17). The summed E-state index contributed by atoms with van der Waals surface area (Å²) in [5, 5.41) is 0. The predicted molar refractivity (Wildman–Crippen MR) is 78.4 cm³/mol. The Morgan fingerprint density at radius 1 is 1.40 bits per heavy atom. The SMILES string of the molecule is CCOc1cccc2c1nc(N)n2CCCCC(N)=O. The van der Waals surface area contributed by atoms with Crippen LogP contribution in [0.3, 0.4) is 0 Å². The molecule has 0 unspecified atom stereocenters. The number of unbranched alkanes of at least 4 members (excludes halogenated alkanes) is 1. The summed E-state index contributed by atoms with van der Waals surface area (Å²) >= 11 is 0. The summed E-state index contributed by atoms with van der Waals surface area (Å²) in [5.74, 6) is 0.936. The molecule has 0 saturated carbocycles. The zero-order valence-electron chi connectivity index (χ0n) is 11.6. The highest BCUT2D eigenvalue weighted by molar-refractivity contribution is 5.84. The highest BCUT2D eigenvalue weighted by Gasteiger charge is 2.11. The molecule has 1 aromatic heterocycles. The van der Waals surface area contributed by atoms with Crippen molar-refractivity contribution >= 4 is 22.9 Å². The molecular weight excluding hydrogens is 256 g/mol. The fourth-order valence-electron chi connectivity index (χ4n) is 2.22. The molecule has 108 valence electrons. The first kappa shape index (κ1) is 14.2. The molecule has 0 atom stereocenters. The maximum atomic E-state index is 10.7. The average Bonchev–Trinajstić information content (AvgIpc) is 2.72. The van der Waals surface area contributed by atoms with Crippen molar-refractivity contribution in [3.05, 3.63) is 18.2 Å². The number of fused-ring (bicyclic) bond motifs is 1. The van der Waals surface area contributed by atoms with Gasteiger partial charge in [-0.25, -0.2) is 4.98 Å². The van der Waals surface area contributed by atoms with Crippen molar-refractivity contribution in [2.24, 2.45) is 5.73 Å². The van der Waals surface area contributed by atoms with E-state index in [9.17, 15) is 4.79 Å². The molecule has 4 N–H and O–H groups in total. The average molecular weight is 276 g/mol. The number of para-hydroxylation sites is 1. The Labute approximate surface area is 117 Å². The minimum Gasteiger partial charge on any atom is -0.492 e. The molecule has 0 radical (unpaired) electrons. The van der Waals surface area contributed by atoms with Gasteiger partial charge in [0.1, 0.15) is 11.3 Å². The van der Waals surface area contributed by atoms with Crippen molar-refractivity contribution in [2.75, 3.05) is 12.3 Å². The minimum absolute atomic E-state index is 0.271. The lowest BCUT2D eigenvalue weighted by Gasteiger charge is -2.07. The van der Waals surface area contributed by atoms with E-state index in [2.05, 4.69) is 4.98 Å². The number of amides is 1. The van der Waals surface area contributed by atoms with Gasteiger partial charge in [0, 0.05) is 13.0 Å². The number of benzene rings is 1. The van der Waals surface area contributed by atoms with Crippen LogP contribution in [0.15, 0.2) is 18.2 Å². The molecule has 1 heterocycles. The Morgan fingerprint density at radius 2 is 2.20 bits per heavy atom. The van der Waals surface area contributed by atoms with Gasteiger partial charge in [-0.2, -0.15) is 0 Å². The van der Waals surface area contributed by atoms with E-state index < -0.39 is 0 Å². The lowest BCUT2D eigenvalue weighted by Crippen LogP contribution is -2.10. The fourth-order valence-corrected chi connectivity index (χ4v) is 2.22. The van der Waals surface area contributed by atoms with Crippen LogP contribution in [0.4, 0.5) is 5.95 Å². The molecular formula is C14H20N4O2. The zero-order chi connectivity index (χ0) is 14.5. The van der Waals surface area contributed by atoms with Crippen molar-refractivity contribution in [3.63, 3.8) is 0 Å². The normalized spacial score (nSPS) is 10.8. The molecule has 6 nitrogen and oxygen atoms in total. The number of aryl methyl sites for hydroxylation is 1. The number of rotatable bonds is 7. The van der Waals surface area contributed by atoms with Crippen LogP contribution >= 0.6 is 0 Å². The smallest absolute Gasteiger partial charge is 0.217 e. The predicted octanol–water partition coefficient (Wildman–Crippen LogP) is 1.67. The summed E-state index contributed by atoms with van der Waals surface area (Å²) in [7, 11) is 0. The Balaban J connectivity index is 2.18. The van der Waals surface area contributed by atoms with Crippen molar-refractivity contribution in [2.45, 2.75) is 32.7 Å². The molecule has 1 amide bonds. The van der Waals surface area contributed by atoms with E-state index in [1.807, 2.05) is 29.7 Å². The molecule has 2 rings (SSSR count). The quantitative estimate of drug-likeness (QED) is 0.752. The zero-order valence-corrected chi connectivity index (χ0v) is 11.6. The number of carbonyl (C=O) groups is 1. The summed E-state index contributed by atoms with van der Waals surface area (Å²) < 4.78 is 7.50. The minimum atomic E-state index is -0.271. The van der Waals surface area contributed by atoms with Crippen LogP contribution in [0.25, 0.3) is 11.0 Å². The first-order valence-electron chi connectivity index (χ1n) is 6.79. The van der Waals surface area contributed by atoms with Crippen LogP contribution in [-0.2, 0) is 11.3 Å². The number of hydrogen-bond donors (Lipinski definition) is 2. The lowest BCUT2D eigenvalue weighted by molar-refractivity contribution is -0.118. The summed E-state index contributed by atoms with van der Waals surface area (Å²) in [5.41, 5.74) is 12.8. The molecule has 0 aliphatic rings. The largest absolute Gasteiger partial charge is 0.492 e. The summed E-state index contributed by atoms with van der Waals surface area (Å²) in [6, 6.07) is 5.78. The number of hydrogen-bond acceptors (Lipinski definition) is 4. The van der Waals surface area contributed by atoms with Gasteiger partial charge >= 0.3 is 0 Å². The second-order valence-corrected chi connectivity index (χ2v) is 4.60. The number of primary amides is 1. The van der Waals surface area contributed by atoms with E-state index in [1.165, 1.54) is 0 Å². The second-order valence-electron chi connectivity index (χ2n) is 4.60. The molecule has 0 aliphatic heterocycles. The van der Waals surface area contributed by atoms with Gasteiger partial charge in [-0.05, 0) is 31.9 Å². The van der Waals surface area contributed by atoms with Crippen LogP contribution in [-0.4, -0.2) is 22.1 Å². The van der Waals surface area contributed by atoms with Gasteiger partial charge in [0.15, 0.2) is 0 Å². The number of nitrogen functional groups attached to an aromatic ring is 1. The van der Waals surface area contributed by atoms with Gasteiger partial charge in [0.05, 0.1) is 12.1 Å². The highest BCUT2D eigenvalue weighted by Crippen LogP contribution is 2.27. The number of anilines is 1. The number of nitrogens with zero attached hydrogens (tertiary/aromatic N) is 2. The summed E-state index contributed by atoms with van der Waals surface area (Å²) in [4.78, 5) is 15.1. The van der Waals surface area contributed by atoms with Gasteiger partial charge in [0.2, 0.25) is 11.9 Å². The van der Waals surface area contributed by atoms with E-state index in [0.717, 1.165) is 29.6 Å². The number of nitrogens with two attached hydrogens (primary N) is 2. The number of aromatic nitrogens is 2. The molecule has 0 bridgehead atoms. The van der Waals surface area contributed by atoms with Crippen LogP contribution < -0.4 is 16.2 Å². The monoisotopic (exact) mass is 276 g/mol. The van der Waals surface area contributed by atoms with E-state index in [4.69, 9.17) is 16.2 Å². The number of imidazole rings is 1. The maximum Gasteiger partial charge on any atom is 0.217 e. The Morgan fingerprint density at radius 3 is 2.90 bits per heavy atom. The molecule has 20 heavy (non-hydrogen) atoms. The second kappa shape index (κ2) is 6.27. The maximum absolute atomic E-state index is 10.7.